The molecular formula is C35H33F2N7O4. The van der Waals surface area contributed by atoms with Gasteiger partial charge in [0.2, 0.25) is 0 Å². The van der Waals surface area contributed by atoms with Crippen LogP contribution in [0.1, 0.15) is 42.9 Å². The maximum atomic E-state index is 15.0. The first-order valence-corrected chi connectivity index (χ1v) is 16.1. The van der Waals surface area contributed by atoms with Crippen molar-refractivity contribution in [2.45, 2.75) is 57.8 Å². The van der Waals surface area contributed by atoms with E-state index in [1.54, 1.807) is 23.6 Å². The topological polar surface area (TPSA) is 131 Å². The van der Waals surface area contributed by atoms with Gasteiger partial charge in [-0.1, -0.05) is 19.1 Å². The van der Waals surface area contributed by atoms with Gasteiger partial charge in [0.05, 0.1) is 11.1 Å². The van der Waals surface area contributed by atoms with Crippen LogP contribution in [0.2, 0.25) is 0 Å². The van der Waals surface area contributed by atoms with Gasteiger partial charge in [0.25, 0.3) is 0 Å². The second-order valence-corrected chi connectivity index (χ2v) is 12.7. The van der Waals surface area contributed by atoms with Crippen LogP contribution >= 0.6 is 0 Å². The molecule has 2 fully saturated rings. The highest BCUT2D eigenvalue weighted by Gasteiger charge is 2.49. The molecule has 0 saturated carbocycles. The Bertz CT molecular complexity index is 2290. The molecule has 2 aliphatic rings. The second-order valence-electron chi connectivity index (χ2n) is 12.7. The molecule has 0 radical (unpaired) electrons. The van der Waals surface area contributed by atoms with Crippen LogP contribution in [0.4, 0.5) is 14.6 Å². The SMILES string of the molecule is CCc1c(F)ccc2cc(O)cc(-c3oc(=O)c4c(NCc5ccc6ncnn6c5)nc(OC[C@@]56CCCN5C[C@H](F)C6)nc4c3C)c12. The normalized spacial score (nSPS) is 19.5. The van der Waals surface area contributed by atoms with Gasteiger partial charge in [0.15, 0.2) is 5.65 Å². The fourth-order valence-corrected chi connectivity index (χ4v) is 7.50. The van der Waals surface area contributed by atoms with Gasteiger partial charge in [-0.15, -0.1) is 0 Å². The van der Waals surface area contributed by atoms with Gasteiger partial charge in [0, 0.05) is 36.8 Å². The second kappa shape index (κ2) is 11.5. The van der Waals surface area contributed by atoms with E-state index >= 15 is 4.39 Å². The number of phenolic OH excluding ortho intramolecular Hbond substituents is 1. The first-order chi connectivity index (χ1) is 23.2. The Labute approximate surface area is 273 Å². The van der Waals surface area contributed by atoms with E-state index in [-0.39, 0.29) is 47.4 Å². The third-order valence-corrected chi connectivity index (χ3v) is 9.76. The first kappa shape index (κ1) is 30.2. The van der Waals surface area contributed by atoms with Gasteiger partial charge in [-0.3, -0.25) is 4.90 Å². The zero-order valence-electron chi connectivity index (χ0n) is 26.5. The molecule has 11 nitrogen and oxygen atoms in total. The van der Waals surface area contributed by atoms with Crippen LogP contribution in [0, 0.1) is 12.7 Å². The number of anilines is 1. The summed E-state index contributed by atoms with van der Waals surface area (Å²) in [6.07, 6.45) is 4.89. The van der Waals surface area contributed by atoms with Gasteiger partial charge in [0.1, 0.15) is 47.6 Å². The Morgan fingerprint density at radius 1 is 1.19 bits per heavy atom. The molecule has 0 unspecified atom stereocenters. The largest absolute Gasteiger partial charge is 0.508 e. The van der Waals surface area contributed by atoms with Crippen LogP contribution in [0.25, 0.3) is 38.6 Å². The summed E-state index contributed by atoms with van der Waals surface area (Å²) in [5.74, 6) is -0.102. The van der Waals surface area contributed by atoms with E-state index in [1.807, 2.05) is 25.3 Å². The molecule has 2 atom stereocenters. The average molecular weight is 654 g/mol. The van der Waals surface area contributed by atoms with Crippen LogP contribution in [-0.2, 0) is 13.0 Å². The smallest absolute Gasteiger partial charge is 0.349 e. The van der Waals surface area contributed by atoms with E-state index in [4.69, 9.17) is 14.1 Å². The highest BCUT2D eigenvalue weighted by atomic mass is 19.1. The van der Waals surface area contributed by atoms with E-state index < -0.39 is 23.2 Å². The number of alkyl halides is 1. The van der Waals surface area contributed by atoms with Crippen LogP contribution < -0.4 is 15.7 Å². The molecular weight excluding hydrogens is 620 g/mol. The first-order valence-electron chi connectivity index (χ1n) is 16.1. The summed E-state index contributed by atoms with van der Waals surface area (Å²) < 4.78 is 43.4. The minimum absolute atomic E-state index is 0.0287. The third-order valence-electron chi connectivity index (χ3n) is 9.76. The lowest BCUT2D eigenvalue weighted by molar-refractivity contribution is 0.107. The summed E-state index contributed by atoms with van der Waals surface area (Å²) in [4.78, 5) is 29.5. The van der Waals surface area contributed by atoms with Crippen molar-refractivity contribution in [3.63, 3.8) is 0 Å². The van der Waals surface area contributed by atoms with Gasteiger partial charge in [-0.2, -0.15) is 15.1 Å². The molecule has 0 amide bonds. The molecule has 48 heavy (non-hydrogen) atoms. The zero-order valence-corrected chi connectivity index (χ0v) is 26.5. The van der Waals surface area contributed by atoms with Crippen molar-refractivity contribution < 1.29 is 23.0 Å². The van der Waals surface area contributed by atoms with E-state index in [2.05, 4.69) is 25.3 Å². The predicted octanol–water partition coefficient (Wildman–Crippen LogP) is 5.73. The Hall–Kier alpha value is -5.17. The Balaban J connectivity index is 1.26. The molecule has 13 heteroatoms. The number of hydrogen-bond donors (Lipinski definition) is 2. The number of phenols is 1. The highest BCUT2D eigenvalue weighted by Crippen LogP contribution is 2.41. The zero-order chi connectivity index (χ0) is 33.2. The fraction of sp³-hybridized carbons (Fsp3) is 0.343. The molecule has 2 N–H and O–H groups in total. The molecule has 0 bridgehead atoms. The summed E-state index contributed by atoms with van der Waals surface area (Å²) in [6, 6.07) is 9.73. The number of nitrogens with zero attached hydrogens (tertiary/aromatic N) is 6. The summed E-state index contributed by atoms with van der Waals surface area (Å²) in [6.45, 7) is 5.26. The van der Waals surface area contributed by atoms with E-state index in [9.17, 15) is 14.3 Å². The minimum atomic E-state index is -0.921. The monoisotopic (exact) mass is 653 g/mol. The molecule has 6 aromatic rings. The van der Waals surface area contributed by atoms with Crippen LogP contribution in [-0.4, -0.2) is 66.0 Å². The molecule has 6 heterocycles. The number of aromatic nitrogens is 5. The molecule has 0 spiro atoms. The number of hydrogen-bond acceptors (Lipinski definition) is 10. The quantitative estimate of drug-likeness (QED) is 0.210. The predicted molar refractivity (Wildman–Crippen MR) is 176 cm³/mol. The molecule has 8 rings (SSSR count). The van der Waals surface area contributed by atoms with Gasteiger partial charge in [-0.25, -0.2) is 23.1 Å². The Morgan fingerprint density at radius 2 is 2.06 bits per heavy atom. The average Bonchev–Trinajstić information content (AvgIpc) is 3.78. The van der Waals surface area contributed by atoms with Crippen molar-refractivity contribution >= 4 is 33.1 Å². The van der Waals surface area contributed by atoms with Crippen molar-refractivity contribution in [3.05, 3.63) is 81.9 Å². The lowest BCUT2D eigenvalue weighted by Gasteiger charge is -2.30. The number of aromatic hydroxyl groups is 1. The molecule has 0 aliphatic carbocycles. The third kappa shape index (κ3) is 5.00. The maximum Gasteiger partial charge on any atom is 0.349 e. The van der Waals surface area contributed by atoms with E-state index in [0.29, 0.717) is 52.5 Å². The van der Waals surface area contributed by atoms with Crippen molar-refractivity contribution in [1.82, 2.24) is 29.5 Å². The van der Waals surface area contributed by atoms with Gasteiger partial charge in [-0.05, 0) is 78.9 Å². The van der Waals surface area contributed by atoms with Crippen molar-refractivity contribution in [3.8, 4) is 23.1 Å². The van der Waals surface area contributed by atoms with Crippen molar-refractivity contribution in [2.75, 3.05) is 25.0 Å². The minimum Gasteiger partial charge on any atom is -0.508 e. The Kier molecular flexibility index (Phi) is 7.24. The van der Waals surface area contributed by atoms with Gasteiger partial charge >= 0.3 is 11.6 Å². The van der Waals surface area contributed by atoms with Crippen molar-refractivity contribution in [2.24, 2.45) is 0 Å². The van der Waals surface area contributed by atoms with Crippen LogP contribution in [0.15, 0.2) is 58.1 Å². The number of pyridine rings is 1. The lowest BCUT2D eigenvalue weighted by atomic mass is 9.94. The lowest BCUT2D eigenvalue weighted by Crippen LogP contribution is -2.43. The number of nitrogens with one attached hydrogen (secondary N) is 1. The summed E-state index contributed by atoms with van der Waals surface area (Å²) >= 11 is 0. The van der Waals surface area contributed by atoms with Crippen LogP contribution in [0.3, 0.4) is 0 Å². The summed E-state index contributed by atoms with van der Waals surface area (Å²) in [7, 11) is 0. The van der Waals surface area contributed by atoms with Gasteiger partial charge < -0.3 is 19.6 Å². The highest BCUT2D eigenvalue weighted by molar-refractivity contribution is 6.02. The number of fused-ring (bicyclic) bond motifs is 4. The summed E-state index contributed by atoms with van der Waals surface area (Å²) in [5, 5.41) is 19.4. The fourth-order valence-electron chi connectivity index (χ4n) is 7.50. The molecule has 4 aromatic heterocycles. The molecule has 2 saturated heterocycles. The van der Waals surface area contributed by atoms with Crippen LogP contribution in [0.5, 0.6) is 11.8 Å². The standard InChI is InChI=1S/C35H33F2N7O4/c1-3-24-26(37)7-6-21-11-23(45)12-25(28(21)24)31-19(2)30-29(33(46)48-31)32(38-14-20-5-8-27-39-18-40-44(27)15-20)42-34(41-30)47-17-35-9-4-10-43(35)16-22(36)13-35/h5-8,11-12,15,18,22,45H,3-4,9-10,13-14,16-17H2,1-2H3,(H,38,41,42)/t22-,35+/m1/s1. The summed E-state index contributed by atoms with van der Waals surface area (Å²) in [5.41, 5.74) is 1.96. The van der Waals surface area contributed by atoms with E-state index in [1.165, 1.54) is 18.5 Å². The van der Waals surface area contributed by atoms with Crippen molar-refractivity contribution in [1.29, 1.82) is 0 Å². The molecule has 2 aromatic carbocycles. The Morgan fingerprint density at radius 3 is 2.92 bits per heavy atom. The maximum absolute atomic E-state index is 15.0. The molecule has 246 valence electrons. The molecule has 2 aliphatic heterocycles. The van der Waals surface area contributed by atoms with E-state index in [0.717, 1.165) is 24.9 Å². The number of aryl methyl sites for hydroxylation is 2. The number of ether oxygens (including phenoxy) is 1. The number of halogens is 2. The number of rotatable bonds is 8. The number of benzene rings is 2.